The van der Waals surface area contributed by atoms with Crippen LogP contribution in [-0.2, 0) is 16.1 Å². The van der Waals surface area contributed by atoms with Crippen LogP contribution in [0.5, 0.6) is 0 Å². The van der Waals surface area contributed by atoms with Crippen LogP contribution in [0, 0.1) is 0 Å². The second-order valence-corrected chi connectivity index (χ2v) is 8.95. The predicted molar refractivity (Wildman–Crippen MR) is 123 cm³/mol. The zero-order chi connectivity index (χ0) is 22.3. The summed E-state index contributed by atoms with van der Waals surface area (Å²) in [7, 11) is 0. The molecule has 0 spiro atoms. The molecule has 0 bridgehead atoms. The number of hydrogen-bond acceptors (Lipinski definition) is 6. The number of hydrogen-bond donors (Lipinski definition) is 2. The molecule has 2 aliphatic rings. The van der Waals surface area contributed by atoms with Gasteiger partial charge in [0.25, 0.3) is 11.8 Å². The summed E-state index contributed by atoms with van der Waals surface area (Å²) in [4.78, 5) is 47.5. The maximum Gasteiger partial charge on any atom is 0.262 e. The number of imidazole rings is 1. The molecular formula is C22H26N6O3S. The van der Waals surface area contributed by atoms with Crippen LogP contribution in [0.1, 0.15) is 36.0 Å². The maximum atomic E-state index is 12.5. The zero-order valence-corrected chi connectivity index (χ0v) is 18.5. The Kier molecular flexibility index (Phi) is 7.21. The van der Waals surface area contributed by atoms with Gasteiger partial charge in [-0.3, -0.25) is 14.4 Å². The van der Waals surface area contributed by atoms with E-state index in [2.05, 4.69) is 25.5 Å². The first-order valence-corrected chi connectivity index (χ1v) is 11.6. The lowest BCUT2D eigenvalue weighted by Crippen LogP contribution is -2.33. The van der Waals surface area contributed by atoms with Gasteiger partial charge in [-0.05, 0) is 37.5 Å². The standard InChI is InChI=1S/C22H26N6O3S/c29-19(14-18-21(31)26-22(32-18)28-9-2-1-3-10-28)25-17-6-4-5-16(13-17)20(30)24-8-12-27-11-7-23-15-27/h4-7,11,13,15,18H,1-3,8-10,12,14H2,(H,24,30)(H,25,29). The average molecular weight is 455 g/mol. The average Bonchev–Trinajstić information content (AvgIpc) is 3.44. The van der Waals surface area contributed by atoms with Crippen molar-refractivity contribution >= 4 is 40.3 Å². The normalized spacial score (nSPS) is 18.4. The lowest BCUT2D eigenvalue weighted by atomic mass is 10.1. The number of benzene rings is 1. The monoisotopic (exact) mass is 454 g/mol. The molecule has 1 aromatic carbocycles. The van der Waals surface area contributed by atoms with Crippen molar-refractivity contribution in [2.24, 2.45) is 4.99 Å². The molecule has 9 nitrogen and oxygen atoms in total. The van der Waals surface area contributed by atoms with Gasteiger partial charge in [-0.15, -0.1) is 0 Å². The number of nitrogens with one attached hydrogen (secondary N) is 2. The minimum absolute atomic E-state index is 0.0473. The molecule has 1 fully saturated rings. The number of carbonyl (C=O) groups is 3. The highest BCUT2D eigenvalue weighted by Crippen LogP contribution is 2.29. The van der Waals surface area contributed by atoms with Crippen molar-refractivity contribution in [3.05, 3.63) is 48.5 Å². The Balaban J connectivity index is 1.26. The number of amidine groups is 1. The van der Waals surface area contributed by atoms with Crippen LogP contribution in [-0.4, -0.2) is 62.2 Å². The summed E-state index contributed by atoms with van der Waals surface area (Å²) in [6.07, 6.45) is 8.67. The van der Waals surface area contributed by atoms with E-state index in [1.807, 2.05) is 10.8 Å². The molecule has 3 heterocycles. The Morgan fingerprint density at radius 2 is 2.03 bits per heavy atom. The Morgan fingerprint density at radius 1 is 1.19 bits per heavy atom. The summed E-state index contributed by atoms with van der Waals surface area (Å²) in [5, 5.41) is 5.89. The van der Waals surface area contributed by atoms with Crippen molar-refractivity contribution in [2.45, 2.75) is 37.5 Å². The van der Waals surface area contributed by atoms with Crippen molar-refractivity contribution in [2.75, 3.05) is 25.0 Å². The molecule has 0 radical (unpaired) electrons. The highest BCUT2D eigenvalue weighted by molar-refractivity contribution is 8.15. The van der Waals surface area contributed by atoms with Gasteiger partial charge >= 0.3 is 0 Å². The molecule has 0 saturated carbocycles. The number of carbonyl (C=O) groups excluding carboxylic acids is 3. The molecule has 3 amide bonds. The number of nitrogens with zero attached hydrogens (tertiary/aromatic N) is 4. The molecule has 2 N–H and O–H groups in total. The summed E-state index contributed by atoms with van der Waals surface area (Å²) >= 11 is 1.38. The molecule has 168 valence electrons. The van der Waals surface area contributed by atoms with Crippen LogP contribution in [0.2, 0.25) is 0 Å². The summed E-state index contributed by atoms with van der Waals surface area (Å²) in [6, 6.07) is 6.76. The Labute approximate surface area is 190 Å². The predicted octanol–water partition coefficient (Wildman–Crippen LogP) is 2.13. The van der Waals surface area contributed by atoms with E-state index < -0.39 is 5.25 Å². The fourth-order valence-corrected chi connectivity index (χ4v) is 4.78. The first kappa shape index (κ1) is 22.1. The number of anilines is 1. The van der Waals surface area contributed by atoms with Crippen molar-refractivity contribution in [1.29, 1.82) is 0 Å². The molecular weight excluding hydrogens is 428 g/mol. The smallest absolute Gasteiger partial charge is 0.262 e. The van der Waals surface area contributed by atoms with Crippen molar-refractivity contribution < 1.29 is 14.4 Å². The van der Waals surface area contributed by atoms with E-state index in [1.165, 1.54) is 18.2 Å². The number of thioether (sulfide) groups is 1. The molecule has 1 aromatic heterocycles. The number of likely N-dealkylation sites (tertiary alicyclic amines) is 1. The van der Waals surface area contributed by atoms with Crippen LogP contribution in [0.15, 0.2) is 48.0 Å². The van der Waals surface area contributed by atoms with E-state index >= 15 is 0 Å². The highest BCUT2D eigenvalue weighted by atomic mass is 32.2. The lowest BCUT2D eigenvalue weighted by Gasteiger charge is -2.27. The van der Waals surface area contributed by atoms with Crippen LogP contribution in [0.25, 0.3) is 0 Å². The Hall–Kier alpha value is -3.14. The van der Waals surface area contributed by atoms with Gasteiger partial charge in [0, 0.05) is 56.2 Å². The van der Waals surface area contributed by atoms with E-state index in [0.717, 1.165) is 31.1 Å². The minimum Gasteiger partial charge on any atom is -0.351 e. The molecule has 0 aliphatic carbocycles. The Bertz CT molecular complexity index is 1000. The van der Waals surface area contributed by atoms with Crippen LogP contribution >= 0.6 is 11.8 Å². The van der Waals surface area contributed by atoms with Crippen molar-refractivity contribution in [1.82, 2.24) is 19.8 Å². The van der Waals surface area contributed by atoms with E-state index in [-0.39, 0.29) is 24.1 Å². The van der Waals surface area contributed by atoms with E-state index in [9.17, 15) is 14.4 Å². The van der Waals surface area contributed by atoms with Crippen LogP contribution < -0.4 is 10.6 Å². The van der Waals surface area contributed by atoms with Crippen LogP contribution in [0.4, 0.5) is 5.69 Å². The fourth-order valence-electron chi connectivity index (χ4n) is 3.67. The Morgan fingerprint density at radius 3 is 2.81 bits per heavy atom. The van der Waals surface area contributed by atoms with Crippen LogP contribution in [0.3, 0.4) is 0 Å². The number of aliphatic imine (C=N–C) groups is 1. The number of piperidine rings is 1. The maximum absolute atomic E-state index is 12.5. The number of amides is 3. The minimum atomic E-state index is -0.499. The highest BCUT2D eigenvalue weighted by Gasteiger charge is 2.33. The molecule has 1 unspecified atom stereocenters. The van der Waals surface area contributed by atoms with Gasteiger partial charge in [0.15, 0.2) is 5.17 Å². The largest absolute Gasteiger partial charge is 0.351 e. The number of rotatable bonds is 7. The molecule has 10 heteroatoms. The second-order valence-electron chi connectivity index (χ2n) is 7.78. The van der Waals surface area contributed by atoms with E-state index in [4.69, 9.17) is 0 Å². The number of aromatic nitrogens is 2. The third-order valence-electron chi connectivity index (χ3n) is 5.35. The SMILES string of the molecule is O=C(CC1SC(N2CCCCC2)=NC1=O)Nc1cccc(C(=O)NCCn2ccnc2)c1. The quantitative estimate of drug-likeness (QED) is 0.663. The van der Waals surface area contributed by atoms with Gasteiger partial charge in [-0.2, -0.15) is 4.99 Å². The summed E-state index contributed by atoms with van der Waals surface area (Å²) in [6.45, 7) is 2.91. The van der Waals surface area contributed by atoms with E-state index in [1.54, 1.807) is 36.8 Å². The molecule has 32 heavy (non-hydrogen) atoms. The fraction of sp³-hybridized carbons (Fsp3) is 0.409. The van der Waals surface area contributed by atoms with Gasteiger partial charge in [-0.25, -0.2) is 4.98 Å². The first-order valence-electron chi connectivity index (χ1n) is 10.8. The summed E-state index contributed by atoms with van der Waals surface area (Å²) in [5.41, 5.74) is 0.973. The third-order valence-corrected chi connectivity index (χ3v) is 6.56. The van der Waals surface area contributed by atoms with Crippen molar-refractivity contribution in [3.8, 4) is 0 Å². The summed E-state index contributed by atoms with van der Waals surface area (Å²) < 4.78 is 1.87. The summed E-state index contributed by atoms with van der Waals surface area (Å²) in [5.74, 6) is -0.748. The molecule has 1 saturated heterocycles. The van der Waals surface area contributed by atoms with Gasteiger partial charge in [0.05, 0.1) is 6.33 Å². The molecule has 2 aromatic rings. The van der Waals surface area contributed by atoms with E-state index in [0.29, 0.717) is 24.3 Å². The molecule has 1 atom stereocenters. The first-order chi connectivity index (χ1) is 15.6. The van der Waals surface area contributed by atoms with Gasteiger partial charge in [0.1, 0.15) is 5.25 Å². The molecule has 4 rings (SSSR count). The van der Waals surface area contributed by atoms with Gasteiger partial charge in [0.2, 0.25) is 5.91 Å². The second kappa shape index (κ2) is 10.4. The lowest BCUT2D eigenvalue weighted by molar-refractivity contribution is -0.121. The zero-order valence-electron chi connectivity index (χ0n) is 17.7. The van der Waals surface area contributed by atoms with Crippen molar-refractivity contribution in [3.63, 3.8) is 0 Å². The van der Waals surface area contributed by atoms with Gasteiger partial charge < -0.3 is 20.1 Å². The topological polar surface area (TPSA) is 109 Å². The van der Waals surface area contributed by atoms with Gasteiger partial charge in [-0.1, -0.05) is 17.8 Å². The third kappa shape index (κ3) is 5.76. The molecule has 2 aliphatic heterocycles.